The Hall–Kier alpha value is -2.91. The zero-order chi connectivity index (χ0) is 22.8. The highest BCUT2D eigenvalue weighted by Crippen LogP contribution is 2.27. The lowest BCUT2D eigenvalue weighted by Crippen LogP contribution is -2.30. The van der Waals surface area contributed by atoms with Crippen molar-refractivity contribution in [3.8, 4) is 0 Å². The molecule has 1 atom stereocenters. The van der Waals surface area contributed by atoms with Crippen LogP contribution in [0.5, 0.6) is 0 Å². The maximum atomic E-state index is 12.7. The SMILES string of the molecule is CCOC(=O)c1sc(NC(=O)[C@@H]2CC(=O)N(CCc3c[nH]c4ccc(Cl)cc34)C2)nc1C. The quantitative estimate of drug-likeness (QED) is 0.507. The van der Waals surface area contributed by atoms with Crippen LogP contribution in [0.4, 0.5) is 5.13 Å². The van der Waals surface area contributed by atoms with Gasteiger partial charge in [-0.15, -0.1) is 0 Å². The van der Waals surface area contributed by atoms with Crippen molar-refractivity contribution in [1.82, 2.24) is 14.9 Å². The fraction of sp³-hybridized carbons (Fsp3) is 0.364. The van der Waals surface area contributed by atoms with Gasteiger partial charge < -0.3 is 19.9 Å². The van der Waals surface area contributed by atoms with E-state index in [1.165, 1.54) is 0 Å². The van der Waals surface area contributed by atoms with Crippen LogP contribution in [-0.4, -0.2) is 52.3 Å². The predicted molar refractivity (Wildman–Crippen MR) is 123 cm³/mol. The molecule has 0 bridgehead atoms. The van der Waals surface area contributed by atoms with Crippen LogP contribution in [0, 0.1) is 12.8 Å². The summed E-state index contributed by atoms with van der Waals surface area (Å²) in [5.74, 6) is -1.24. The number of halogens is 1. The van der Waals surface area contributed by atoms with Gasteiger partial charge in [-0.05, 0) is 44.0 Å². The van der Waals surface area contributed by atoms with E-state index in [0.29, 0.717) is 40.2 Å². The molecule has 1 aliphatic heterocycles. The standard InChI is InChI=1S/C22H23ClN4O4S/c1-3-31-21(30)19-12(2)25-22(32-19)26-20(29)14-8-18(28)27(11-14)7-6-13-10-24-17-5-4-15(23)9-16(13)17/h4-5,9-10,14,24H,3,6-8,11H2,1-2H3,(H,25,26,29)/t14-/m1/s1. The van der Waals surface area contributed by atoms with Gasteiger partial charge in [0.15, 0.2) is 5.13 Å². The minimum absolute atomic E-state index is 0.0504. The first-order valence-corrected chi connectivity index (χ1v) is 11.5. The number of carbonyl (C=O) groups is 3. The zero-order valence-electron chi connectivity index (χ0n) is 17.7. The van der Waals surface area contributed by atoms with Crippen molar-refractivity contribution in [3.63, 3.8) is 0 Å². The van der Waals surface area contributed by atoms with Crippen molar-refractivity contribution in [1.29, 1.82) is 0 Å². The molecule has 2 aromatic heterocycles. The van der Waals surface area contributed by atoms with E-state index in [0.717, 1.165) is 27.8 Å². The second-order valence-corrected chi connectivity index (χ2v) is 9.07. The average Bonchev–Trinajstić information content (AvgIpc) is 3.43. The van der Waals surface area contributed by atoms with E-state index < -0.39 is 11.9 Å². The molecule has 1 aliphatic rings. The third-order valence-electron chi connectivity index (χ3n) is 5.45. The number of aromatic amines is 1. The highest BCUT2D eigenvalue weighted by molar-refractivity contribution is 7.17. The van der Waals surface area contributed by atoms with Gasteiger partial charge in [-0.3, -0.25) is 9.59 Å². The summed E-state index contributed by atoms with van der Waals surface area (Å²) in [4.78, 5) is 46.7. The fourth-order valence-corrected chi connectivity index (χ4v) is 4.86. The van der Waals surface area contributed by atoms with Crippen molar-refractivity contribution >= 4 is 56.8 Å². The van der Waals surface area contributed by atoms with Gasteiger partial charge in [0.05, 0.1) is 18.2 Å². The second kappa shape index (κ2) is 9.30. The summed E-state index contributed by atoms with van der Waals surface area (Å²) < 4.78 is 5.00. The van der Waals surface area contributed by atoms with Gasteiger partial charge in [-0.1, -0.05) is 22.9 Å². The van der Waals surface area contributed by atoms with Crippen molar-refractivity contribution < 1.29 is 19.1 Å². The molecule has 4 rings (SSSR count). The number of thiazole rings is 1. The number of hydrogen-bond acceptors (Lipinski definition) is 6. The Labute approximate surface area is 193 Å². The van der Waals surface area contributed by atoms with Crippen molar-refractivity contribution in [2.75, 3.05) is 25.0 Å². The predicted octanol–water partition coefficient (Wildman–Crippen LogP) is 3.79. The van der Waals surface area contributed by atoms with Crippen LogP contribution >= 0.6 is 22.9 Å². The Balaban J connectivity index is 1.36. The van der Waals surface area contributed by atoms with Crippen molar-refractivity contribution in [3.05, 3.63) is 45.6 Å². The summed E-state index contributed by atoms with van der Waals surface area (Å²) in [7, 11) is 0. The molecule has 8 nitrogen and oxygen atoms in total. The number of aromatic nitrogens is 2. The summed E-state index contributed by atoms with van der Waals surface area (Å²) in [5, 5.41) is 4.78. The number of nitrogens with zero attached hydrogens (tertiary/aromatic N) is 2. The average molecular weight is 475 g/mol. The summed E-state index contributed by atoms with van der Waals surface area (Å²) in [6.45, 7) is 4.56. The summed E-state index contributed by atoms with van der Waals surface area (Å²) >= 11 is 7.19. The molecule has 3 heterocycles. The van der Waals surface area contributed by atoms with Gasteiger partial charge in [0.25, 0.3) is 0 Å². The van der Waals surface area contributed by atoms with E-state index in [4.69, 9.17) is 16.3 Å². The van der Waals surface area contributed by atoms with Gasteiger partial charge in [0, 0.05) is 41.6 Å². The fourth-order valence-electron chi connectivity index (χ4n) is 3.82. The Bertz CT molecular complexity index is 1190. The number of carbonyl (C=O) groups excluding carboxylic acids is 3. The first-order chi connectivity index (χ1) is 15.4. The van der Waals surface area contributed by atoms with Crippen LogP contribution in [-0.2, 0) is 20.7 Å². The van der Waals surface area contributed by atoms with E-state index in [1.54, 1.807) is 18.7 Å². The minimum Gasteiger partial charge on any atom is -0.462 e. The molecular weight excluding hydrogens is 452 g/mol. The van der Waals surface area contributed by atoms with Crippen LogP contribution in [0.25, 0.3) is 10.9 Å². The number of aryl methyl sites for hydroxylation is 1. The largest absolute Gasteiger partial charge is 0.462 e. The number of hydrogen-bond donors (Lipinski definition) is 2. The molecule has 0 saturated carbocycles. The molecule has 1 saturated heterocycles. The molecule has 10 heteroatoms. The number of anilines is 1. The number of rotatable bonds is 7. The normalized spacial score (nSPS) is 16.0. The third kappa shape index (κ3) is 4.63. The Morgan fingerprint density at radius 2 is 2.22 bits per heavy atom. The third-order valence-corrected chi connectivity index (χ3v) is 6.74. The van der Waals surface area contributed by atoms with Crippen molar-refractivity contribution in [2.24, 2.45) is 5.92 Å². The maximum Gasteiger partial charge on any atom is 0.350 e. The van der Waals surface area contributed by atoms with Gasteiger partial charge >= 0.3 is 5.97 Å². The first-order valence-electron chi connectivity index (χ1n) is 10.3. The Morgan fingerprint density at radius 3 is 3.00 bits per heavy atom. The van der Waals surface area contributed by atoms with Gasteiger partial charge in [0.2, 0.25) is 11.8 Å². The Morgan fingerprint density at radius 1 is 1.41 bits per heavy atom. The van der Waals surface area contributed by atoms with Gasteiger partial charge in [-0.2, -0.15) is 0 Å². The lowest BCUT2D eigenvalue weighted by atomic mass is 10.1. The summed E-state index contributed by atoms with van der Waals surface area (Å²) in [5.41, 5.74) is 2.58. The molecular formula is C22H23ClN4O4S. The van der Waals surface area contributed by atoms with Crippen LogP contribution in [0.1, 0.15) is 34.3 Å². The van der Waals surface area contributed by atoms with E-state index >= 15 is 0 Å². The smallest absolute Gasteiger partial charge is 0.350 e. The molecule has 32 heavy (non-hydrogen) atoms. The number of nitrogens with one attached hydrogen (secondary N) is 2. The van der Waals surface area contributed by atoms with Crippen LogP contribution < -0.4 is 5.32 Å². The topological polar surface area (TPSA) is 104 Å². The number of likely N-dealkylation sites (tertiary alicyclic amines) is 1. The Kier molecular flexibility index (Phi) is 6.48. The molecule has 2 amide bonds. The second-order valence-electron chi connectivity index (χ2n) is 7.64. The number of benzene rings is 1. The molecule has 2 N–H and O–H groups in total. The highest BCUT2D eigenvalue weighted by atomic mass is 35.5. The zero-order valence-corrected chi connectivity index (χ0v) is 19.3. The van der Waals surface area contributed by atoms with E-state index in [9.17, 15) is 14.4 Å². The van der Waals surface area contributed by atoms with Crippen LogP contribution in [0.3, 0.4) is 0 Å². The lowest BCUT2D eigenvalue weighted by molar-refractivity contribution is -0.128. The van der Waals surface area contributed by atoms with E-state index in [2.05, 4.69) is 15.3 Å². The highest BCUT2D eigenvalue weighted by Gasteiger charge is 2.34. The summed E-state index contributed by atoms with van der Waals surface area (Å²) in [6, 6.07) is 5.67. The molecule has 0 spiro atoms. The number of H-pyrrole nitrogens is 1. The van der Waals surface area contributed by atoms with Gasteiger partial charge in [0.1, 0.15) is 4.88 Å². The monoisotopic (exact) mass is 474 g/mol. The van der Waals surface area contributed by atoms with Gasteiger partial charge in [-0.25, -0.2) is 9.78 Å². The number of esters is 1. The molecule has 3 aromatic rings. The first kappa shape index (κ1) is 22.3. The van der Waals surface area contributed by atoms with E-state index in [1.807, 2.05) is 24.4 Å². The molecule has 168 valence electrons. The lowest BCUT2D eigenvalue weighted by Gasteiger charge is -2.16. The van der Waals surface area contributed by atoms with Crippen molar-refractivity contribution in [2.45, 2.75) is 26.7 Å². The van der Waals surface area contributed by atoms with Crippen LogP contribution in [0.15, 0.2) is 24.4 Å². The number of ether oxygens (including phenoxy) is 1. The maximum absolute atomic E-state index is 12.7. The number of amides is 2. The summed E-state index contributed by atoms with van der Waals surface area (Å²) in [6.07, 6.45) is 2.74. The molecule has 0 radical (unpaired) electrons. The molecule has 0 unspecified atom stereocenters. The van der Waals surface area contributed by atoms with Crippen LogP contribution in [0.2, 0.25) is 5.02 Å². The van der Waals surface area contributed by atoms with E-state index in [-0.39, 0.29) is 24.8 Å². The number of fused-ring (bicyclic) bond motifs is 1. The molecule has 1 fully saturated rings. The minimum atomic E-state index is -0.463. The molecule has 0 aliphatic carbocycles. The molecule has 1 aromatic carbocycles.